The normalized spacial score (nSPS) is 15.9. The average molecular weight is 1750 g/mol. The Hall–Kier alpha value is -11.8. The second-order valence-corrected chi connectivity index (χ2v) is 33.7. The topological polar surface area (TPSA) is 224 Å². The van der Waals surface area contributed by atoms with Crippen LogP contribution in [0.3, 0.4) is 0 Å². The Bertz CT molecular complexity index is 5070. The van der Waals surface area contributed by atoms with Crippen molar-refractivity contribution in [3.05, 3.63) is 247 Å². The summed E-state index contributed by atoms with van der Waals surface area (Å²) in [4.78, 5) is 60.4. The molecule has 2 aliphatic heterocycles. The Morgan fingerprint density at radius 3 is 1.45 bits per heavy atom. The molecule has 2 aliphatic carbocycles. The monoisotopic (exact) mass is 1750 g/mol. The molecule has 0 saturated heterocycles. The minimum absolute atomic E-state index is 0.167. The van der Waals surface area contributed by atoms with E-state index in [4.69, 9.17) is 83.9 Å². The number of esters is 5. The molecule has 20 nitrogen and oxygen atoms in total. The van der Waals surface area contributed by atoms with Crippen molar-refractivity contribution in [1.82, 2.24) is 0 Å². The molecule has 0 spiro atoms. The standard InChI is InChI=1S/C25H38O4.C24H28O4.C23H34O4.C20H18O4.C16H16O4/c1-6-17-25(5,29-24(26)19(3)4)21-13-15-22(16-14-21)28-23(27-7-2)18-20-11-9-8-10-12-20;1-6-8-11-16-24(5,28-23(25)18(3)4)21-14-15-22(27-17-26-7-2)20-13-10-9-12-19(20)21;1-6-16-23(5,27-22(24)17(2)3)19-12-14-21(15-13-19)26-18(4)25-20-10-8-7-9-11-20;1-5-10-20(4,24-19(21)13(2)3)16-11-17-18(23-12-22-17)15-9-7-6-8-14(15)16;1-5-8-16(4,20-15(17)11(2)3)12-6-7-13-14(9-12)19-10-18-13/h13-16,20,23H,3,6-12,17-18H2,1-2,4-5H3;6,8-15H,1,3,7,16-17H2,2,4-5H3;12-15,18,20H,2,6-11,16H2,1,3-5H3;1,6-9,11H,2,10,12H2,3-4H3;1,6-7,9H,2,8,10H2,3-4H3/b;11-8+;;;. The lowest BCUT2D eigenvalue weighted by Gasteiger charge is -2.31. The third-order valence-corrected chi connectivity index (χ3v) is 22.4. The fraction of sp³-hybridized carbons (Fsp3) is 0.435. The van der Waals surface area contributed by atoms with Crippen molar-refractivity contribution >= 4 is 51.4 Å². The highest BCUT2D eigenvalue weighted by molar-refractivity contribution is 5.96. The van der Waals surface area contributed by atoms with E-state index in [1.165, 1.54) is 51.4 Å². The summed E-state index contributed by atoms with van der Waals surface area (Å²) in [5.74, 6) is 8.63. The van der Waals surface area contributed by atoms with Gasteiger partial charge in [0.1, 0.15) is 45.3 Å². The van der Waals surface area contributed by atoms with Crippen LogP contribution in [0, 0.1) is 30.6 Å². The Labute approximate surface area is 759 Å². The molecule has 2 fully saturated rings. The van der Waals surface area contributed by atoms with E-state index in [-0.39, 0.29) is 57.7 Å². The molecular weight excluding hydrogens is 1620 g/mol. The molecule has 128 heavy (non-hydrogen) atoms. The average Bonchev–Trinajstić information content (AvgIpc) is 1.44. The van der Waals surface area contributed by atoms with Crippen molar-refractivity contribution in [3.63, 3.8) is 0 Å². The van der Waals surface area contributed by atoms with Crippen LogP contribution in [0.15, 0.2) is 219 Å². The molecule has 7 aromatic carbocycles. The molecule has 0 amide bonds. The quantitative estimate of drug-likeness (QED) is 0.00667. The van der Waals surface area contributed by atoms with Crippen molar-refractivity contribution in [2.24, 2.45) is 5.92 Å². The van der Waals surface area contributed by atoms with Crippen LogP contribution in [-0.4, -0.2) is 82.1 Å². The second kappa shape index (κ2) is 50.1. The highest BCUT2D eigenvalue weighted by atomic mass is 16.7. The number of carbonyl (C=O) groups excluding carboxylic acids is 5. The summed E-state index contributed by atoms with van der Waals surface area (Å²) in [6, 6.07) is 42.3. The SMILES string of the molecule is C#CCC(C)(OC(=O)C(=C)C)c1cc2c(c3ccccc13)OCO2.C#CCC(C)(OC(=O)C(=C)C)c1ccc2c(c1)OCO2.C=C(C)C(=O)OC(C)(CCC)c1ccc(OC(C)OC2CCCCC2)cc1.C=C(C)C(=O)OC(C)(CCC)c1ccc(OC(CC2CCCCC2)OCC)cc1.C=C/C=C/CC(C)(OC(=O)C(=C)C)c1ccc(OCOCC)c2ccccc12. The molecular formula is C108H134O20. The number of allylic oxidation sites excluding steroid dienone is 2. The molecule has 2 heterocycles. The van der Waals surface area contributed by atoms with Crippen molar-refractivity contribution < 1.29 is 95.0 Å². The van der Waals surface area contributed by atoms with Gasteiger partial charge in [0, 0.05) is 81.4 Å². The Morgan fingerprint density at radius 1 is 0.484 bits per heavy atom. The highest BCUT2D eigenvalue weighted by Gasteiger charge is 2.39. The predicted molar refractivity (Wildman–Crippen MR) is 504 cm³/mol. The van der Waals surface area contributed by atoms with Crippen LogP contribution in [0.2, 0.25) is 0 Å². The van der Waals surface area contributed by atoms with Gasteiger partial charge in [0.05, 0.1) is 18.9 Å². The molecule has 7 aromatic rings. The highest BCUT2D eigenvalue weighted by Crippen LogP contribution is 2.47. The summed E-state index contributed by atoms with van der Waals surface area (Å²) >= 11 is 0. The van der Waals surface area contributed by atoms with Gasteiger partial charge in [-0.1, -0.05) is 221 Å². The minimum Gasteiger partial charge on any atom is -0.467 e. The van der Waals surface area contributed by atoms with Crippen LogP contribution >= 0.6 is 0 Å². The van der Waals surface area contributed by atoms with E-state index < -0.39 is 45.9 Å². The number of hydrogen-bond donors (Lipinski definition) is 0. The van der Waals surface area contributed by atoms with E-state index in [9.17, 15) is 24.0 Å². The summed E-state index contributed by atoms with van der Waals surface area (Å²) < 4.78 is 85.4. The van der Waals surface area contributed by atoms with Gasteiger partial charge in [-0.05, 0) is 192 Å². The molecule has 0 N–H and O–H groups in total. The van der Waals surface area contributed by atoms with E-state index in [1.54, 1.807) is 66.7 Å². The Balaban J connectivity index is 0.000000220. The summed E-state index contributed by atoms with van der Waals surface area (Å²) in [5.41, 5.74) is 2.05. The molecule has 20 heteroatoms. The number of fused-ring (bicyclic) bond motifs is 5. The number of benzene rings is 7. The van der Waals surface area contributed by atoms with E-state index >= 15 is 0 Å². The number of rotatable bonds is 38. The fourth-order valence-corrected chi connectivity index (χ4v) is 15.4. The van der Waals surface area contributed by atoms with Crippen LogP contribution in [-0.2, 0) is 89.9 Å². The third-order valence-electron chi connectivity index (χ3n) is 22.4. The van der Waals surface area contributed by atoms with Crippen LogP contribution in [0.4, 0.5) is 0 Å². The molecule has 686 valence electrons. The zero-order chi connectivity index (χ0) is 93.8. The Morgan fingerprint density at radius 2 is 0.938 bits per heavy atom. The summed E-state index contributed by atoms with van der Waals surface area (Å²) in [5, 5.41) is 3.71. The first kappa shape index (κ1) is 103. The molecule has 0 aromatic heterocycles. The first-order valence-corrected chi connectivity index (χ1v) is 44.4. The first-order valence-electron chi connectivity index (χ1n) is 44.4. The summed E-state index contributed by atoms with van der Waals surface area (Å²) in [6.45, 7) is 51.4. The second-order valence-electron chi connectivity index (χ2n) is 33.7. The van der Waals surface area contributed by atoms with Crippen molar-refractivity contribution in [1.29, 1.82) is 0 Å². The number of ether oxygens (including phenoxy) is 15. The zero-order valence-corrected chi connectivity index (χ0v) is 78.1. The van der Waals surface area contributed by atoms with Gasteiger partial charge in [0.25, 0.3) is 0 Å². The predicted octanol–water partition coefficient (Wildman–Crippen LogP) is 24.8. The molecule has 2 saturated carbocycles. The van der Waals surface area contributed by atoms with E-state index in [2.05, 4.69) is 65.2 Å². The fourth-order valence-electron chi connectivity index (χ4n) is 15.4. The number of carbonyl (C=O) groups is 5. The number of hydrogen-bond acceptors (Lipinski definition) is 20. The van der Waals surface area contributed by atoms with Gasteiger partial charge < -0.3 is 71.1 Å². The van der Waals surface area contributed by atoms with E-state index in [1.807, 2.05) is 175 Å². The maximum absolute atomic E-state index is 12.3. The van der Waals surface area contributed by atoms with Gasteiger partial charge in [-0.3, -0.25) is 0 Å². The van der Waals surface area contributed by atoms with Gasteiger partial charge in [0.2, 0.25) is 13.6 Å². The minimum atomic E-state index is -0.995. The molecule has 0 bridgehead atoms. The maximum atomic E-state index is 12.3. The molecule has 11 rings (SSSR count). The zero-order valence-electron chi connectivity index (χ0n) is 78.1. The molecule has 7 unspecified atom stereocenters. The summed E-state index contributed by atoms with van der Waals surface area (Å²) in [7, 11) is 0. The van der Waals surface area contributed by atoms with Crippen LogP contribution in [0.5, 0.6) is 40.2 Å². The van der Waals surface area contributed by atoms with Gasteiger partial charge >= 0.3 is 29.8 Å². The summed E-state index contributed by atoms with van der Waals surface area (Å²) in [6.07, 6.45) is 34.0. The third kappa shape index (κ3) is 29.9. The van der Waals surface area contributed by atoms with E-state index in [0.717, 1.165) is 112 Å². The Kier molecular flexibility index (Phi) is 40.4. The van der Waals surface area contributed by atoms with Gasteiger partial charge in [0.15, 0.2) is 42.4 Å². The first-order chi connectivity index (χ1) is 61.1. The lowest BCUT2D eigenvalue weighted by Crippen LogP contribution is -2.29. The van der Waals surface area contributed by atoms with Gasteiger partial charge in [-0.2, -0.15) is 0 Å². The largest absolute Gasteiger partial charge is 0.467 e. The van der Waals surface area contributed by atoms with Crippen LogP contribution in [0.25, 0.3) is 21.5 Å². The van der Waals surface area contributed by atoms with Crippen molar-refractivity contribution in [2.75, 3.05) is 33.6 Å². The lowest BCUT2D eigenvalue weighted by molar-refractivity contribution is -0.156. The molecule has 0 radical (unpaired) electrons. The smallest absolute Gasteiger partial charge is 0.334 e. The van der Waals surface area contributed by atoms with Gasteiger partial charge in [-0.25, -0.2) is 24.0 Å². The molecule has 7 atom stereocenters. The van der Waals surface area contributed by atoms with Gasteiger partial charge in [-0.15, -0.1) is 24.7 Å². The van der Waals surface area contributed by atoms with Crippen LogP contribution < -0.4 is 33.2 Å². The lowest BCUT2D eigenvalue weighted by atomic mass is 9.87. The number of terminal acetylenes is 2. The molecule has 4 aliphatic rings. The van der Waals surface area contributed by atoms with Crippen LogP contribution in [0.1, 0.15) is 247 Å². The van der Waals surface area contributed by atoms with Crippen molar-refractivity contribution in [3.8, 4) is 64.9 Å². The van der Waals surface area contributed by atoms with E-state index in [0.29, 0.717) is 82.5 Å². The van der Waals surface area contributed by atoms with Crippen molar-refractivity contribution in [2.45, 2.75) is 266 Å². The maximum Gasteiger partial charge on any atom is 0.334 e.